The number of rotatable bonds is 7. The van der Waals surface area contributed by atoms with E-state index in [0.717, 1.165) is 43.6 Å². The standard InChI is InChI=1S/C24H27N5O2/c1-19(31-27-16-22-7-9-23(10-8-22)29-18-25-17-26-29)24(30)28-13-11-21(12-14-28)15-20-5-3-2-4-6-20/h2-10,16-19,21H,11-15H2,1H3/b27-16+. The van der Waals surface area contributed by atoms with E-state index in [1.54, 1.807) is 24.1 Å². The fraction of sp³-hybridized carbons (Fsp3) is 0.333. The number of benzene rings is 2. The maximum Gasteiger partial charge on any atom is 0.266 e. The number of amides is 1. The Kier molecular flexibility index (Phi) is 6.72. The molecule has 4 rings (SSSR count). The molecule has 1 atom stereocenters. The first-order chi connectivity index (χ1) is 15.2. The van der Waals surface area contributed by atoms with Crippen molar-refractivity contribution in [3.63, 3.8) is 0 Å². The molecule has 3 aromatic rings. The van der Waals surface area contributed by atoms with Crippen molar-refractivity contribution in [1.82, 2.24) is 19.7 Å². The lowest BCUT2D eigenvalue weighted by atomic mass is 9.90. The Labute approximate surface area is 182 Å². The van der Waals surface area contributed by atoms with Gasteiger partial charge in [-0.3, -0.25) is 4.79 Å². The van der Waals surface area contributed by atoms with Gasteiger partial charge in [0.2, 0.25) is 6.10 Å². The monoisotopic (exact) mass is 417 g/mol. The summed E-state index contributed by atoms with van der Waals surface area (Å²) in [5.41, 5.74) is 3.16. The number of hydrogen-bond acceptors (Lipinski definition) is 5. The van der Waals surface area contributed by atoms with Crippen LogP contribution in [0.4, 0.5) is 0 Å². The maximum absolute atomic E-state index is 12.7. The predicted octanol–water partition coefficient (Wildman–Crippen LogP) is 3.49. The number of aromatic nitrogens is 3. The van der Waals surface area contributed by atoms with E-state index in [0.29, 0.717) is 5.92 Å². The fourth-order valence-corrected chi connectivity index (χ4v) is 3.84. The molecule has 0 aliphatic carbocycles. The molecule has 0 spiro atoms. The Bertz CT molecular complexity index is 979. The van der Waals surface area contributed by atoms with Gasteiger partial charge in [0.25, 0.3) is 5.91 Å². The summed E-state index contributed by atoms with van der Waals surface area (Å²) in [6.45, 7) is 3.30. The van der Waals surface area contributed by atoms with Crippen molar-refractivity contribution in [2.24, 2.45) is 11.1 Å². The maximum atomic E-state index is 12.7. The lowest BCUT2D eigenvalue weighted by Crippen LogP contribution is -2.43. The van der Waals surface area contributed by atoms with Crippen LogP contribution in [0.15, 0.2) is 72.4 Å². The topological polar surface area (TPSA) is 72.6 Å². The van der Waals surface area contributed by atoms with E-state index in [2.05, 4.69) is 39.5 Å². The Morgan fingerprint density at radius 3 is 2.58 bits per heavy atom. The smallest absolute Gasteiger partial charge is 0.266 e. The average molecular weight is 418 g/mol. The second kappa shape index (κ2) is 10.0. The first-order valence-corrected chi connectivity index (χ1v) is 10.7. The lowest BCUT2D eigenvalue weighted by molar-refractivity contribution is -0.144. The quantitative estimate of drug-likeness (QED) is 0.436. The summed E-state index contributed by atoms with van der Waals surface area (Å²) < 4.78 is 1.68. The van der Waals surface area contributed by atoms with Gasteiger partial charge < -0.3 is 9.74 Å². The second-order valence-electron chi connectivity index (χ2n) is 7.87. The van der Waals surface area contributed by atoms with E-state index in [-0.39, 0.29) is 5.91 Å². The van der Waals surface area contributed by atoms with E-state index in [1.807, 2.05) is 35.2 Å². The van der Waals surface area contributed by atoms with Crippen molar-refractivity contribution in [2.45, 2.75) is 32.3 Å². The molecule has 1 aliphatic heterocycles. The third-order valence-electron chi connectivity index (χ3n) is 5.64. The van der Waals surface area contributed by atoms with Crippen LogP contribution in [0.1, 0.15) is 30.9 Å². The first kappa shape index (κ1) is 20.8. The average Bonchev–Trinajstić information content (AvgIpc) is 3.35. The van der Waals surface area contributed by atoms with Gasteiger partial charge in [0, 0.05) is 13.1 Å². The molecular formula is C24H27N5O2. The van der Waals surface area contributed by atoms with Crippen molar-refractivity contribution in [3.05, 3.63) is 78.4 Å². The Morgan fingerprint density at radius 2 is 1.90 bits per heavy atom. The van der Waals surface area contributed by atoms with Crippen LogP contribution in [-0.4, -0.2) is 51.0 Å². The van der Waals surface area contributed by atoms with Crippen LogP contribution in [0, 0.1) is 5.92 Å². The second-order valence-corrected chi connectivity index (χ2v) is 7.87. The largest absolute Gasteiger partial charge is 0.383 e. The number of likely N-dealkylation sites (tertiary alicyclic amines) is 1. The zero-order valence-electron chi connectivity index (χ0n) is 17.7. The van der Waals surface area contributed by atoms with Crippen molar-refractivity contribution in [1.29, 1.82) is 0 Å². The third kappa shape index (κ3) is 5.57. The van der Waals surface area contributed by atoms with Gasteiger partial charge >= 0.3 is 0 Å². The SMILES string of the molecule is CC(O/N=C/c1ccc(-n2cncn2)cc1)C(=O)N1CCC(Cc2ccccc2)CC1. The molecule has 0 radical (unpaired) electrons. The Hall–Kier alpha value is -3.48. The van der Waals surface area contributed by atoms with Crippen molar-refractivity contribution in [2.75, 3.05) is 13.1 Å². The molecule has 7 nitrogen and oxygen atoms in total. The van der Waals surface area contributed by atoms with Gasteiger partial charge in [-0.2, -0.15) is 5.10 Å². The normalized spacial score (nSPS) is 15.8. The van der Waals surface area contributed by atoms with Gasteiger partial charge in [-0.15, -0.1) is 0 Å². The van der Waals surface area contributed by atoms with Crippen LogP contribution in [-0.2, 0) is 16.1 Å². The molecule has 0 saturated carbocycles. The van der Waals surface area contributed by atoms with Gasteiger partial charge in [-0.1, -0.05) is 47.6 Å². The fourth-order valence-electron chi connectivity index (χ4n) is 3.84. The molecular weight excluding hydrogens is 390 g/mol. The first-order valence-electron chi connectivity index (χ1n) is 10.7. The zero-order chi connectivity index (χ0) is 21.5. The van der Waals surface area contributed by atoms with Gasteiger partial charge in [0.05, 0.1) is 11.9 Å². The van der Waals surface area contributed by atoms with Gasteiger partial charge in [-0.25, -0.2) is 9.67 Å². The predicted molar refractivity (Wildman–Crippen MR) is 119 cm³/mol. The van der Waals surface area contributed by atoms with Crippen LogP contribution >= 0.6 is 0 Å². The molecule has 1 aromatic heterocycles. The molecule has 1 saturated heterocycles. The summed E-state index contributed by atoms with van der Waals surface area (Å²) in [7, 11) is 0. The molecule has 2 aromatic carbocycles. The summed E-state index contributed by atoms with van der Waals surface area (Å²) in [5.74, 6) is 0.623. The van der Waals surface area contributed by atoms with Crippen molar-refractivity contribution in [3.8, 4) is 5.69 Å². The van der Waals surface area contributed by atoms with Crippen LogP contribution in [0.5, 0.6) is 0 Å². The number of nitrogens with zero attached hydrogens (tertiary/aromatic N) is 5. The molecule has 31 heavy (non-hydrogen) atoms. The van der Waals surface area contributed by atoms with E-state index < -0.39 is 6.10 Å². The Balaban J connectivity index is 1.22. The summed E-state index contributed by atoms with van der Waals surface area (Å²) in [4.78, 5) is 24.0. The minimum Gasteiger partial charge on any atom is -0.383 e. The highest BCUT2D eigenvalue weighted by Crippen LogP contribution is 2.22. The Morgan fingerprint density at radius 1 is 1.16 bits per heavy atom. The minimum atomic E-state index is -0.601. The van der Waals surface area contributed by atoms with E-state index >= 15 is 0 Å². The molecule has 160 valence electrons. The van der Waals surface area contributed by atoms with Gasteiger partial charge in [0.15, 0.2) is 0 Å². The zero-order valence-corrected chi connectivity index (χ0v) is 17.7. The van der Waals surface area contributed by atoms with Gasteiger partial charge in [0.1, 0.15) is 12.7 Å². The molecule has 1 fully saturated rings. The molecule has 7 heteroatoms. The summed E-state index contributed by atoms with van der Waals surface area (Å²) in [5, 5.41) is 8.11. The van der Waals surface area contributed by atoms with Crippen molar-refractivity contribution < 1.29 is 9.63 Å². The van der Waals surface area contributed by atoms with Crippen LogP contribution in [0.3, 0.4) is 0 Å². The molecule has 1 aliphatic rings. The number of hydrogen-bond donors (Lipinski definition) is 0. The van der Waals surface area contributed by atoms with Gasteiger partial charge in [-0.05, 0) is 55.4 Å². The third-order valence-corrected chi connectivity index (χ3v) is 5.64. The molecule has 2 heterocycles. The lowest BCUT2D eigenvalue weighted by Gasteiger charge is -2.33. The molecule has 0 N–H and O–H groups in total. The molecule has 1 amide bonds. The minimum absolute atomic E-state index is 0.00292. The number of piperidine rings is 1. The molecule has 1 unspecified atom stereocenters. The van der Waals surface area contributed by atoms with Crippen LogP contribution in [0.2, 0.25) is 0 Å². The summed E-state index contributed by atoms with van der Waals surface area (Å²) in [6.07, 6.45) is 7.27. The van der Waals surface area contributed by atoms with Crippen LogP contribution < -0.4 is 0 Å². The van der Waals surface area contributed by atoms with E-state index in [9.17, 15) is 4.79 Å². The highest BCUT2D eigenvalue weighted by molar-refractivity contribution is 5.81. The number of carbonyl (C=O) groups is 1. The van der Waals surface area contributed by atoms with Crippen molar-refractivity contribution >= 4 is 12.1 Å². The summed E-state index contributed by atoms with van der Waals surface area (Å²) >= 11 is 0. The summed E-state index contributed by atoms with van der Waals surface area (Å²) in [6, 6.07) is 18.2. The van der Waals surface area contributed by atoms with Crippen LogP contribution in [0.25, 0.3) is 5.69 Å². The highest BCUT2D eigenvalue weighted by atomic mass is 16.6. The van der Waals surface area contributed by atoms with E-state index in [4.69, 9.17) is 4.84 Å². The number of carbonyl (C=O) groups excluding carboxylic acids is 1. The highest BCUT2D eigenvalue weighted by Gasteiger charge is 2.27. The molecule has 0 bridgehead atoms. The number of oxime groups is 1. The van der Waals surface area contributed by atoms with E-state index in [1.165, 1.54) is 11.9 Å².